The molecule has 0 aliphatic heterocycles. The standard InChI is InChI=1S/C11H13NO2/c1-7-5-3-4-6-9(7)10(8(2)13)11(12)14/h3-6,10H,1-2H3,(H2,12,14). The Balaban J connectivity index is 3.18. The van der Waals surface area contributed by atoms with Crippen LogP contribution in [0.4, 0.5) is 0 Å². The topological polar surface area (TPSA) is 60.2 Å². The highest BCUT2D eigenvalue weighted by atomic mass is 16.2. The number of carbonyl (C=O) groups is 2. The molecule has 1 aromatic carbocycles. The second-order valence-corrected chi connectivity index (χ2v) is 3.30. The van der Waals surface area contributed by atoms with Crippen molar-refractivity contribution < 1.29 is 9.59 Å². The zero-order valence-corrected chi connectivity index (χ0v) is 8.28. The van der Waals surface area contributed by atoms with Crippen molar-refractivity contribution in [1.29, 1.82) is 0 Å². The molecule has 1 rings (SSSR count). The molecule has 1 unspecified atom stereocenters. The lowest BCUT2D eigenvalue weighted by atomic mass is 9.91. The van der Waals surface area contributed by atoms with E-state index in [1.165, 1.54) is 6.92 Å². The fourth-order valence-corrected chi connectivity index (χ4v) is 1.48. The van der Waals surface area contributed by atoms with E-state index < -0.39 is 11.8 Å². The minimum Gasteiger partial charge on any atom is -0.369 e. The summed E-state index contributed by atoms with van der Waals surface area (Å²) in [7, 11) is 0. The van der Waals surface area contributed by atoms with Crippen LogP contribution in [0, 0.1) is 6.92 Å². The fraction of sp³-hybridized carbons (Fsp3) is 0.273. The zero-order chi connectivity index (χ0) is 10.7. The number of Topliss-reactive ketones (excluding diaryl/α,β-unsaturated/α-hetero) is 1. The number of carbonyl (C=O) groups excluding carboxylic acids is 2. The Bertz CT molecular complexity index is 357. The maximum Gasteiger partial charge on any atom is 0.232 e. The Hall–Kier alpha value is -1.64. The Kier molecular flexibility index (Phi) is 3.02. The highest BCUT2D eigenvalue weighted by Crippen LogP contribution is 2.20. The lowest BCUT2D eigenvalue weighted by Crippen LogP contribution is -2.27. The van der Waals surface area contributed by atoms with Crippen molar-refractivity contribution in [2.45, 2.75) is 19.8 Å². The maximum absolute atomic E-state index is 11.2. The average Bonchev–Trinajstić information content (AvgIpc) is 2.07. The summed E-state index contributed by atoms with van der Waals surface area (Å²) in [6.07, 6.45) is 0. The molecule has 3 nitrogen and oxygen atoms in total. The number of benzene rings is 1. The molecule has 3 heteroatoms. The first-order valence-electron chi connectivity index (χ1n) is 4.39. The molecule has 0 radical (unpaired) electrons. The number of ketones is 1. The van der Waals surface area contributed by atoms with Gasteiger partial charge >= 0.3 is 0 Å². The number of aryl methyl sites for hydroxylation is 1. The van der Waals surface area contributed by atoms with Crippen LogP contribution in [0.1, 0.15) is 24.0 Å². The SMILES string of the molecule is CC(=O)C(C(N)=O)c1ccccc1C. The van der Waals surface area contributed by atoms with Crippen LogP contribution in [0.25, 0.3) is 0 Å². The first kappa shape index (κ1) is 10.4. The molecule has 1 atom stereocenters. The number of rotatable bonds is 3. The van der Waals surface area contributed by atoms with Crippen molar-refractivity contribution in [3.8, 4) is 0 Å². The van der Waals surface area contributed by atoms with Crippen LogP contribution in [-0.4, -0.2) is 11.7 Å². The van der Waals surface area contributed by atoms with Gasteiger partial charge in [0.1, 0.15) is 11.7 Å². The minimum atomic E-state index is -0.809. The van der Waals surface area contributed by atoms with Crippen molar-refractivity contribution >= 4 is 11.7 Å². The van der Waals surface area contributed by atoms with Crippen molar-refractivity contribution in [2.75, 3.05) is 0 Å². The lowest BCUT2D eigenvalue weighted by molar-refractivity contribution is -0.127. The van der Waals surface area contributed by atoms with E-state index in [-0.39, 0.29) is 5.78 Å². The quantitative estimate of drug-likeness (QED) is 0.728. The van der Waals surface area contributed by atoms with E-state index >= 15 is 0 Å². The van der Waals surface area contributed by atoms with Gasteiger partial charge in [0.15, 0.2) is 0 Å². The van der Waals surface area contributed by atoms with Gasteiger partial charge in [-0.2, -0.15) is 0 Å². The largest absolute Gasteiger partial charge is 0.369 e. The Morgan fingerprint density at radius 2 is 1.86 bits per heavy atom. The van der Waals surface area contributed by atoms with Gasteiger partial charge in [0.2, 0.25) is 5.91 Å². The third kappa shape index (κ3) is 1.99. The van der Waals surface area contributed by atoms with Crippen LogP contribution in [0.5, 0.6) is 0 Å². The minimum absolute atomic E-state index is 0.216. The van der Waals surface area contributed by atoms with E-state index in [0.29, 0.717) is 5.56 Å². The Morgan fingerprint density at radius 1 is 1.29 bits per heavy atom. The third-order valence-corrected chi connectivity index (χ3v) is 2.19. The second kappa shape index (κ2) is 4.05. The second-order valence-electron chi connectivity index (χ2n) is 3.30. The predicted molar refractivity (Wildman–Crippen MR) is 53.8 cm³/mol. The van der Waals surface area contributed by atoms with Gasteiger partial charge in [-0.1, -0.05) is 24.3 Å². The lowest BCUT2D eigenvalue weighted by Gasteiger charge is -2.12. The molecule has 0 spiro atoms. The molecule has 0 saturated heterocycles. The molecule has 2 N–H and O–H groups in total. The molecule has 74 valence electrons. The van der Waals surface area contributed by atoms with Crippen molar-refractivity contribution in [3.05, 3.63) is 35.4 Å². The molecule has 0 heterocycles. The van der Waals surface area contributed by atoms with E-state index in [0.717, 1.165) is 5.56 Å². The molecular weight excluding hydrogens is 178 g/mol. The smallest absolute Gasteiger partial charge is 0.232 e. The Labute approximate surface area is 82.9 Å². The highest BCUT2D eigenvalue weighted by Gasteiger charge is 2.23. The summed E-state index contributed by atoms with van der Waals surface area (Å²) in [5.41, 5.74) is 6.79. The molecule has 0 aromatic heterocycles. The van der Waals surface area contributed by atoms with E-state index in [4.69, 9.17) is 5.73 Å². The molecule has 0 bridgehead atoms. The molecule has 0 saturated carbocycles. The van der Waals surface area contributed by atoms with E-state index in [1.807, 2.05) is 19.1 Å². The van der Waals surface area contributed by atoms with Crippen molar-refractivity contribution in [3.63, 3.8) is 0 Å². The highest BCUT2D eigenvalue weighted by molar-refractivity contribution is 6.05. The number of hydrogen-bond acceptors (Lipinski definition) is 2. The summed E-state index contributed by atoms with van der Waals surface area (Å²) in [5.74, 6) is -1.62. The van der Waals surface area contributed by atoms with E-state index in [9.17, 15) is 9.59 Å². The van der Waals surface area contributed by atoms with Crippen LogP contribution in [0.2, 0.25) is 0 Å². The maximum atomic E-state index is 11.2. The summed E-state index contributed by atoms with van der Waals surface area (Å²) >= 11 is 0. The summed E-state index contributed by atoms with van der Waals surface area (Å²) in [6.45, 7) is 3.23. The number of nitrogens with two attached hydrogens (primary N) is 1. The normalized spacial score (nSPS) is 12.1. The first-order chi connectivity index (χ1) is 6.54. The number of primary amides is 1. The Morgan fingerprint density at radius 3 is 2.29 bits per heavy atom. The molecule has 0 aliphatic rings. The molecule has 14 heavy (non-hydrogen) atoms. The van der Waals surface area contributed by atoms with Gasteiger partial charge in [-0.15, -0.1) is 0 Å². The summed E-state index contributed by atoms with van der Waals surface area (Å²) in [4.78, 5) is 22.3. The fourth-order valence-electron chi connectivity index (χ4n) is 1.48. The average molecular weight is 191 g/mol. The van der Waals surface area contributed by atoms with Crippen molar-refractivity contribution in [2.24, 2.45) is 5.73 Å². The van der Waals surface area contributed by atoms with Crippen LogP contribution in [-0.2, 0) is 9.59 Å². The van der Waals surface area contributed by atoms with Gasteiger partial charge in [-0.25, -0.2) is 0 Å². The summed E-state index contributed by atoms with van der Waals surface area (Å²) < 4.78 is 0. The number of amides is 1. The molecule has 0 fully saturated rings. The monoisotopic (exact) mass is 191 g/mol. The van der Waals surface area contributed by atoms with Gasteiger partial charge in [0.05, 0.1) is 0 Å². The summed E-state index contributed by atoms with van der Waals surface area (Å²) in [5, 5.41) is 0. The van der Waals surface area contributed by atoms with E-state index in [1.54, 1.807) is 12.1 Å². The van der Waals surface area contributed by atoms with Gasteiger partial charge in [0.25, 0.3) is 0 Å². The molecule has 1 amide bonds. The molecule has 0 aliphatic carbocycles. The van der Waals surface area contributed by atoms with Crippen LogP contribution >= 0.6 is 0 Å². The van der Waals surface area contributed by atoms with Crippen LogP contribution < -0.4 is 5.73 Å². The molecular formula is C11H13NO2. The van der Waals surface area contributed by atoms with E-state index in [2.05, 4.69) is 0 Å². The van der Waals surface area contributed by atoms with Crippen molar-refractivity contribution in [1.82, 2.24) is 0 Å². The van der Waals surface area contributed by atoms with Gasteiger partial charge in [-0.05, 0) is 25.0 Å². The van der Waals surface area contributed by atoms with Crippen LogP contribution in [0.3, 0.4) is 0 Å². The third-order valence-electron chi connectivity index (χ3n) is 2.19. The molecule has 1 aromatic rings. The first-order valence-corrected chi connectivity index (χ1v) is 4.39. The number of hydrogen-bond donors (Lipinski definition) is 1. The van der Waals surface area contributed by atoms with Gasteiger partial charge in [-0.3, -0.25) is 9.59 Å². The zero-order valence-electron chi connectivity index (χ0n) is 8.28. The summed E-state index contributed by atoms with van der Waals surface area (Å²) in [6, 6.07) is 7.26. The predicted octanol–water partition coefficient (Wildman–Crippen LogP) is 1.15. The van der Waals surface area contributed by atoms with Gasteiger partial charge < -0.3 is 5.73 Å². The van der Waals surface area contributed by atoms with Gasteiger partial charge in [0, 0.05) is 0 Å². The van der Waals surface area contributed by atoms with Crippen LogP contribution in [0.15, 0.2) is 24.3 Å².